The predicted octanol–water partition coefficient (Wildman–Crippen LogP) is 2.58. The molecule has 0 radical (unpaired) electrons. The minimum Gasteiger partial charge on any atom is -0.404 e. The molecule has 0 unspecified atom stereocenters. The summed E-state index contributed by atoms with van der Waals surface area (Å²) in [5.41, 5.74) is 6.37. The summed E-state index contributed by atoms with van der Waals surface area (Å²) in [7, 11) is -0.256. The summed E-state index contributed by atoms with van der Waals surface area (Å²) in [6, 6.07) is 0. The molecule has 3 saturated carbocycles. The van der Waals surface area contributed by atoms with E-state index < -0.39 is 0 Å². The van der Waals surface area contributed by atoms with Crippen molar-refractivity contribution in [2.24, 2.45) is 23.0 Å². The van der Waals surface area contributed by atoms with Gasteiger partial charge >= 0.3 is 7.12 Å². The number of halogens is 1. The summed E-state index contributed by atoms with van der Waals surface area (Å²) in [6.45, 7) is 10.7. The number of hydrogen-bond donors (Lipinski definition) is 1. The smallest absolute Gasteiger partial charge is 0.404 e. The van der Waals surface area contributed by atoms with Gasteiger partial charge in [0.1, 0.15) is 0 Å². The summed E-state index contributed by atoms with van der Waals surface area (Å²) < 4.78 is 12.3. The van der Waals surface area contributed by atoms with Crippen molar-refractivity contribution in [3.63, 3.8) is 0 Å². The summed E-state index contributed by atoms with van der Waals surface area (Å²) in [6.07, 6.45) is 5.22. The molecule has 4 aliphatic rings. The number of nitrogens with two attached hydrogens (primary N) is 1. The molecule has 0 aromatic carbocycles. The first kappa shape index (κ1) is 15.4. The van der Waals surface area contributed by atoms with E-state index in [1.165, 1.54) is 6.42 Å². The van der Waals surface area contributed by atoms with Crippen LogP contribution in [0.3, 0.4) is 0 Å². The molecule has 2 N–H and O–H groups in total. The first-order valence-electron chi connectivity index (χ1n) is 7.09. The zero-order valence-electron chi connectivity index (χ0n) is 12.1. The molecule has 0 aromatic rings. The highest BCUT2D eigenvalue weighted by Crippen LogP contribution is 2.65. The van der Waals surface area contributed by atoms with Crippen molar-refractivity contribution < 1.29 is 9.31 Å². The fourth-order valence-electron chi connectivity index (χ4n) is 4.39. The van der Waals surface area contributed by atoms with Gasteiger partial charge in [0.2, 0.25) is 0 Å². The molecule has 1 aliphatic heterocycles. The Hall–Kier alpha value is -0.0251. The third-order valence-corrected chi connectivity index (χ3v) is 5.76. The van der Waals surface area contributed by atoms with Crippen LogP contribution in [0, 0.1) is 17.3 Å². The normalized spacial score (nSPS) is 43.8. The molecule has 3 nitrogen and oxygen atoms in total. The molecule has 0 spiro atoms. The van der Waals surface area contributed by atoms with Crippen molar-refractivity contribution in [2.45, 2.75) is 57.7 Å². The van der Waals surface area contributed by atoms with Crippen LogP contribution in [0.15, 0.2) is 12.7 Å². The van der Waals surface area contributed by atoms with Crippen LogP contribution in [0.2, 0.25) is 0 Å². The highest BCUT2D eigenvalue weighted by molar-refractivity contribution is 6.47. The van der Waals surface area contributed by atoms with E-state index in [0.717, 1.165) is 18.8 Å². The zero-order valence-corrected chi connectivity index (χ0v) is 12.9. The molecule has 0 aromatic heterocycles. The lowest BCUT2D eigenvalue weighted by molar-refractivity contribution is -0.199. The topological polar surface area (TPSA) is 44.5 Å². The van der Waals surface area contributed by atoms with Crippen molar-refractivity contribution in [3.05, 3.63) is 12.7 Å². The van der Waals surface area contributed by atoms with Crippen LogP contribution < -0.4 is 5.73 Å². The van der Waals surface area contributed by atoms with E-state index in [0.29, 0.717) is 11.3 Å². The molecule has 3 aliphatic carbocycles. The van der Waals surface area contributed by atoms with Crippen LogP contribution in [0.25, 0.3) is 0 Å². The standard InChI is InChI=1S/C14H24BNO2.ClH/c1-5-6-12(16)15-17-11-8-9-7-10(13(9,2)3)14(11,4)18-15;/h5,9-12H,1,6-8,16H2,2-4H3;1H/t9-,10-,11+,12-,14-;/m0./s1. The van der Waals surface area contributed by atoms with Crippen molar-refractivity contribution in [3.8, 4) is 0 Å². The quantitative estimate of drug-likeness (QED) is 0.640. The average molecular weight is 286 g/mol. The van der Waals surface area contributed by atoms with E-state index in [1.54, 1.807) is 0 Å². The summed E-state index contributed by atoms with van der Waals surface area (Å²) in [5, 5.41) is 0. The van der Waals surface area contributed by atoms with E-state index in [-0.39, 0.29) is 37.2 Å². The highest BCUT2D eigenvalue weighted by Gasteiger charge is 2.68. The fraction of sp³-hybridized carbons (Fsp3) is 0.857. The van der Waals surface area contributed by atoms with E-state index in [2.05, 4.69) is 27.4 Å². The van der Waals surface area contributed by atoms with E-state index in [9.17, 15) is 0 Å². The maximum atomic E-state index is 6.26. The van der Waals surface area contributed by atoms with Gasteiger partial charge in [-0.1, -0.05) is 19.9 Å². The number of hydrogen-bond acceptors (Lipinski definition) is 3. The van der Waals surface area contributed by atoms with Gasteiger partial charge in [-0.2, -0.15) is 0 Å². The Morgan fingerprint density at radius 3 is 2.68 bits per heavy atom. The monoisotopic (exact) mass is 285 g/mol. The molecule has 108 valence electrons. The summed E-state index contributed by atoms with van der Waals surface area (Å²) >= 11 is 0. The van der Waals surface area contributed by atoms with Crippen molar-refractivity contribution in [1.29, 1.82) is 0 Å². The first-order chi connectivity index (χ1) is 8.39. The highest BCUT2D eigenvalue weighted by atomic mass is 35.5. The van der Waals surface area contributed by atoms with Gasteiger partial charge in [-0.15, -0.1) is 19.0 Å². The predicted molar refractivity (Wildman–Crippen MR) is 80.1 cm³/mol. The maximum absolute atomic E-state index is 6.26. The van der Waals surface area contributed by atoms with Crippen LogP contribution in [0.5, 0.6) is 0 Å². The van der Waals surface area contributed by atoms with Crippen molar-refractivity contribution in [2.75, 3.05) is 0 Å². The molecular formula is C14H25BClNO2. The largest absolute Gasteiger partial charge is 0.475 e. The second-order valence-corrected chi connectivity index (χ2v) is 7.03. The van der Waals surface area contributed by atoms with E-state index >= 15 is 0 Å². The van der Waals surface area contributed by atoms with Gasteiger partial charge in [-0.25, -0.2) is 0 Å². The third-order valence-electron chi connectivity index (χ3n) is 5.76. The van der Waals surface area contributed by atoms with Crippen LogP contribution in [0.4, 0.5) is 0 Å². The first-order valence-corrected chi connectivity index (χ1v) is 7.09. The lowest BCUT2D eigenvalue weighted by Crippen LogP contribution is -2.65. The Kier molecular flexibility index (Phi) is 3.85. The van der Waals surface area contributed by atoms with Crippen molar-refractivity contribution >= 4 is 19.5 Å². The molecular weight excluding hydrogens is 260 g/mol. The molecule has 4 rings (SSSR count). The van der Waals surface area contributed by atoms with Gasteiger partial charge in [-0.05, 0) is 43.4 Å². The van der Waals surface area contributed by atoms with Crippen LogP contribution in [0.1, 0.15) is 40.0 Å². The summed E-state index contributed by atoms with van der Waals surface area (Å²) in [4.78, 5) is 0. The molecule has 2 bridgehead atoms. The zero-order chi connectivity index (χ0) is 13.1. The van der Waals surface area contributed by atoms with Gasteiger partial charge in [0.25, 0.3) is 0 Å². The second-order valence-electron chi connectivity index (χ2n) is 7.03. The van der Waals surface area contributed by atoms with Crippen LogP contribution in [-0.2, 0) is 9.31 Å². The van der Waals surface area contributed by atoms with Crippen molar-refractivity contribution in [1.82, 2.24) is 0 Å². The Labute approximate surface area is 122 Å². The third kappa shape index (κ3) is 1.99. The van der Waals surface area contributed by atoms with Gasteiger partial charge in [0.05, 0.1) is 11.7 Å². The van der Waals surface area contributed by atoms with Gasteiger partial charge < -0.3 is 15.0 Å². The SMILES string of the molecule is C=CC[C@H](N)B1O[C@@H]2C[C@@H]3C[C@@H](C3(C)C)[C@]2(C)O1.Cl. The minimum atomic E-state index is -0.256. The summed E-state index contributed by atoms with van der Waals surface area (Å²) in [5.74, 6) is 1.30. The Balaban J connectivity index is 0.00000133. The van der Waals surface area contributed by atoms with E-state index in [1.807, 2.05) is 6.08 Å². The number of rotatable bonds is 3. The molecule has 1 heterocycles. The molecule has 4 fully saturated rings. The molecule has 5 heteroatoms. The van der Waals surface area contributed by atoms with Gasteiger partial charge in [-0.3, -0.25) is 0 Å². The second kappa shape index (κ2) is 4.76. The average Bonchev–Trinajstić information content (AvgIpc) is 2.65. The Bertz CT molecular complexity index is 378. The van der Waals surface area contributed by atoms with Crippen LogP contribution >= 0.6 is 12.4 Å². The molecule has 0 amide bonds. The van der Waals surface area contributed by atoms with E-state index in [4.69, 9.17) is 15.0 Å². The molecule has 19 heavy (non-hydrogen) atoms. The Morgan fingerprint density at radius 2 is 2.11 bits per heavy atom. The fourth-order valence-corrected chi connectivity index (χ4v) is 4.39. The van der Waals surface area contributed by atoms with Gasteiger partial charge in [0, 0.05) is 5.94 Å². The molecule has 1 saturated heterocycles. The molecule has 5 atom stereocenters. The minimum absolute atomic E-state index is 0. The van der Waals surface area contributed by atoms with Gasteiger partial charge in [0.15, 0.2) is 0 Å². The maximum Gasteiger partial charge on any atom is 0.475 e. The van der Waals surface area contributed by atoms with Crippen LogP contribution in [-0.4, -0.2) is 24.8 Å². The lowest BCUT2D eigenvalue weighted by atomic mass is 9.43. The lowest BCUT2D eigenvalue weighted by Gasteiger charge is -2.64. The Morgan fingerprint density at radius 1 is 1.42 bits per heavy atom.